The fourth-order valence-electron chi connectivity index (χ4n) is 0. The molecule has 0 unspecified atom stereocenters. The monoisotopic (exact) mass is 724 g/mol. The van der Waals surface area contributed by atoms with Crippen LogP contribution in [0.15, 0.2) is 0 Å². The van der Waals surface area contributed by atoms with Crippen LogP contribution in [0.25, 0.3) is 0 Å². The minimum atomic E-state index is -2.19. The van der Waals surface area contributed by atoms with Crippen molar-refractivity contribution < 1.29 is 195 Å². The van der Waals surface area contributed by atoms with Gasteiger partial charge in [0.1, 0.15) is 0 Å². The van der Waals surface area contributed by atoms with E-state index in [0.717, 1.165) is 0 Å². The summed E-state index contributed by atoms with van der Waals surface area (Å²) in [6, 6.07) is 0. The van der Waals surface area contributed by atoms with Gasteiger partial charge in [0.05, 0.1) is 35.8 Å². The quantitative estimate of drug-likeness (QED) is 0.212. The van der Waals surface area contributed by atoms with Gasteiger partial charge in [0.25, 0.3) is 0 Å². The van der Waals surface area contributed by atoms with Crippen molar-refractivity contribution >= 4 is 35.8 Å². The summed E-state index contributed by atoms with van der Waals surface area (Å²) in [5, 5.41) is 53.6. The Labute approximate surface area is 227 Å². The predicted octanol–water partition coefficient (Wildman–Crippen LogP) is -10.5. The van der Waals surface area contributed by atoms with Gasteiger partial charge in [-0.3, -0.25) is 0 Å². The molecular weight excluding hydrogens is 727 g/mol. The van der Waals surface area contributed by atoms with E-state index in [1.807, 2.05) is 0 Å². The predicted molar refractivity (Wildman–Crippen MR) is 30.0 cm³/mol. The van der Waals surface area contributed by atoms with Crippen LogP contribution in [0.3, 0.4) is 0 Å². The molecule has 0 aliphatic heterocycles. The van der Waals surface area contributed by atoms with Crippen molar-refractivity contribution in [2.75, 3.05) is 0 Å². The van der Waals surface area contributed by atoms with Gasteiger partial charge in [-0.05, 0) is 0 Å². The summed E-state index contributed by atoms with van der Waals surface area (Å²) in [5.41, 5.74) is 0. The van der Waals surface area contributed by atoms with E-state index < -0.39 is 35.8 Å². The second kappa shape index (κ2) is 27.2. The van der Waals surface area contributed by atoms with Crippen molar-refractivity contribution in [2.24, 2.45) is 0 Å². The van der Waals surface area contributed by atoms with Crippen molar-refractivity contribution in [1.29, 1.82) is 0 Å². The van der Waals surface area contributed by atoms with Crippen LogP contribution in [0.4, 0.5) is 0 Å². The summed E-state index contributed by atoms with van der Waals surface area (Å²) in [7, 11) is 0. The number of carboxylic acid groups (broad SMARTS) is 6. The Bertz CT molecular complexity index is 291. The summed E-state index contributed by atoms with van der Waals surface area (Å²) in [5.74, 6) is -13.1. The molecule has 0 saturated carbocycles. The Morgan fingerprint density at radius 2 is 0.409 bits per heavy atom. The van der Waals surface area contributed by atoms with Gasteiger partial charge in [-0.1, -0.05) is 0 Å². The first-order valence-corrected chi connectivity index (χ1v) is 3.20. The summed E-state index contributed by atoms with van der Waals surface area (Å²) < 4.78 is 0. The molecule has 12 nitrogen and oxygen atoms in total. The largest absolute Gasteiger partial charge is 3.00 e. The molecule has 0 aromatic carbocycles. The smallest absolute Gasteiger partial charge is 0.543 e. The first kappa shape index (κ1) is 43.6. The van der Waals surface area contributed by atoms with Crippen LogP contribution in [0, 0.1) is 83.5 Å². The Balaban J connectivity index is -0.0000000281. The Hall–Kier alpha value is 1.34. The molecule has 22 heavy (non-hydrogen) atoms. The van der Waals surface area contributed by atoms with Gasteiger partial charge >= 0.3 is 83.5 Å². The zero-order valence-corrected chi connectivity index (χ0v) is 21.1. The van der Waals surface area contributed by atoms with Gasteiger partial charge in [0.15, 0.2) is 0 Å². The first-order chi connectivity index (χ1) is 7.93. The number of rotatable bonds is 0. The maximum Gasteiger partial charge on any atom is 3.00 e. The van der Waals surface area contributed by atoms with Crippen molar-refractivity contribution in [3.05, 3.63) is 0 Å². The number of carbonyl (C=O) groups is 6. The van der Waals surface area contributed by atoms with Crippen LogP contribution >= 0.6 is 0 Å². The molecule has 2 radical (unpaired) electrons. The van der Waals surface area contributed by atoms with E-state index in [-0.39, 0.29) is 136 Å². The topological polar surface area (TPSA) is 241 Å². The summed E-state index contributed by atoms with van der Waals surface area (Å²) in [6.07, 6.45) is 0. The number of hydrogen-bond acceptors (Lipinski definition) is 12. The summed E-state index contributed by atoms with van der Waals surface area (Å²) in [4.78, 5) is 53.6. The fraction of sp³-hybridized carbons (Fsp3) is 0. The Kier molecular flexibility index (Phi) is 53.9. The van der Waals surface area contributed by atoms with E-state index in [0.29, 0.717) is 0 Å². The standard InChI is InChI=1S/3C2H2O4.2Ce.2Zr/c3*3-1(4)2(5)6;;;;/h3*(H,3,4)(H,5,6);;;;/q;;;2*+3;;/p-6. The first-order valence-electron chi connectivity index (χ1n) is 3.20. The molecule has 112 valence electrons. The third kappa shape index (κ3) is 49.6. The molecule has 0 heterocycles. The number of carboxylic acids is 6. The number of hydrogen-bond donors (Lipinski definition) is 0. The average Bonchev–Trinajstić information content (AvgIpc) is 2.18. The molecule has 0 spiro atoms. The van der Waals surface area contributed by atoms with Gasteiger partial charge in [0, 0.05) is 52.4 Å². The molecule has 0 atom stereocenters. The van der Waals surface area contributed by atoms with Crippen LogP contribution in [0.5, 0.6) is 0 Å². The third-order valence-electron chi connectivity index (χ3n) is 0.500. The maximum absolute atomic E-state index is 8.93. The minimum Gasteiger partial charge on any atom is -0.543 e. The maximum atomic E-state index is 8.93. The molecule has 0 fully saturated rings. The van der Waals surface area contributed by atoms with E-state index in [4.69, 9.17) is 59.4 Å². The van der Waals surface area contributed by atoms with Crippen molar-refractivity contribution in [3.8, 4) is 0 Å². The fourth-order valence-corrected chi connectivity index (χ4v) is 0. The van der Waals surface area contributed by atoms with Crippen LogP contribution in [-0.4, -0.2) is 35.8 Å². The summed E-state index contributed by atoms with van der Waals surface area (Å²) >= 11 is 0. The molecule has 0 N–H and O–H groups in total. The third-order valence-corrected chi connectivity index (χ3v) is 0.500. The molecule has 0 bridgehead atoms. The molecule has 0 amide bonds. The van der Waals surface area contributed by atoms with E-state index in [1.54, 1.807) is 0 Å². The van der Waals surface area contributed by atoms with E-state index in [1.165, 1.54) is 0 Å². The minimum absolute atomic E-state index is 0. The molecule has 16 heteroatoms. The molecule has 0 aliphatic rings. The van der Waals surface area contributed by atoms with Gasteiger partial charge in [-0.25, -0.2) is 0 Å². The molecule has 0 aliphatic carbocycles. The normalized spacial score (nSPS) is 6.00. The van der Waals surface area contributed by atoms with Crippen molar-refractivity contribution in [2.45, 2.75) is 0 Å². The Morgan fingerprint density at radius 1 is 0.364 bits per heavy atom. The summed E-state index contributed by atoms with van der Waals surface area (Å²) in [6.45, 7) is 0. The molecule has 0 aromatic heterocycles. The second-order valence-corrected chi connectivity index (χ2v) is 1.72. The van der Waals surface area contributed by atoms with E-state index in [2.05, 4.69) is 0 Å². The van der Waals surface area contributed by atoms with Gasteiger partial charge in [-0.15, -0.1) is 0 Å². The zero-order valence-electron chi connectivity index (χ0n) is 9.90. The van der Waals surface area contributed by atoms with Crippen LogP contribution in [-0.2, 0) is 81.2 Å². The molecule has 0 saturated heterocycles. The van der Waals surface area contributed by atoms with Gasteiger partial charge in [-0.2, -0.15) is 0 Å². The van der Waals surface area contributed by atoms with Crippen LogP contribution < -0.4 is 30.6 Å². The van der Waals surface area contributed by atoms with Crippen molar-refractivity contribution in [3.63, 3.8) is 0 Å². The van der Waals surface area contributed by atoms with Crippen LogP contribution in [0.2, 0.25) is 0 Å². The van der Waals surface area contributed by atoms with Gasteiger partial charge in [0.2, 0.25) is 0 Å². The molecular formula is C6Ce2O12Zr2. The number of carbonyl (C=O) groups excluding carboxylic acids is 6. The second-order valence-electron chi connectivity index (χ2n) is 1.72. The Morgan fingerprint density at radius 3 is 0.409 bits per heavy atom. The molecule has 0 aromatic rings. The van der Waals surface area contributed by atoms with E-state index in [9.17, 15) is 0 Å². The average molecular weight is 727 g/mol. The number of aliphatic carboxylic acids is 6. The van der Waals surface area contributed by atoms with Gasteiger partial charge < -0.3 is 59.4 Å². The van der Waals surface area contributed by atoms with Crippen LogP contribution in [0.1, 0.15) is 0 Å². The molecule has 0 rings (SSSR count). The SMILES string of the molecule is O=C([O-])C(=O)[O-].O=C([O-])C(=O)[O-].O=C([O-])C(=O)[O-].[Ce+3].[Ce+3].[Zr].[Zr]. The van der Waals surface area contributed by atoms with E-state index >= 15 is 0 Å². The van der Waals surface area contributed by atoms with Crippen molar-refractivity contribution in [1.82, 2.24) is 0 Å². The zero-order chi connectivity index (χ0) is 15.5.